The number of amides is 2. The third-order valence-corrected chi connectivity index (χ3v) is 8.02. The van der Waals surface area contributed by atoms with E-state index >= 15 is 0 Å². The number of carbonyl (C=O) groups is 2. The normalized spacial score (nSPS) is 23.1. The molecular weight excluding hydrogens is 415 g/mol. The largest absolute Gasteiger partial charge is 0.497 e. The average molecular weight is 441 g/mol. The van der Waals surface area contributed by atoms with Crippen molar-refractivity contribution in [1.82, 2.24) is 4.90 Å². The molecule has 0 unspecified atom stereocenters. The first-order chi connectivity index (χ1) is 15.0. The van der Waals surface area contributed by atoms with E-state index in [1.807, 2.05) is 24.3 Å². The molecule has 1 saturated carbocycles. The lowest BCUT2D eigenvalue weighted by Crippen LogP contribution is -2.51. The van der Waals surface area contributed by atoms with E-state index < -0.39 is 4.87 Å². The van der Waals surface area contributed by atoms with E-state index in [1.165, 1.54) is 23.9 Å². The molecule has 1 spiro atoms. The summed E-state index contributed by atoms with van der Waals surface area (Å²) in [6.07, 6.45) is 3.91. The van der Waals surface area contributed by atoms with Crippen LogP contribution in [0.4, 0.5) is 10.1 Å². The molecule has 3 aliphatic rings. The molecule has 2 heterocycles. The molecule has 7 heteroatoms. The third kappa shape index (κ3) is 3.21. The van der Waals surface area contributed by atoms with Crippen LogP contribution in [0.5, 0.6) is 5.75 Å². The van der Waals surface area contributed by atoms with Crippen molar-refractivity contribution >= 4 is 29.3 Å². The fourth-order valence-corrected chi connectivity index (χ4v) is 6.57. The molecule has 5 nitrogen and oxygen atoms in total. The van der Waals surface area contributed by atoms with Crippen LogP contribution in [0, 0.1) is 11.7 Å². The molecule has 0 aromatic heterocycles. The Morgan fingerprint density at radius 2 is 2.03 bits per heavy atom. The number of anilines is 1. The smallest absolute Gasteiger partial charge is 0.268 e. The van der Waals surface area contributed by atoms with Gasteiger partial charge in [-0.2, -0.15) is 0 Å². The highest BCUT2D eigenvalue weighted by molar-refractivity contribution is 8.01. The zero-order valence-corrected chi connectivity index (χ0v) is 18.3. The average Bonchev–Trinajstić information content (AvgIpc) is 3.51. The Balaban J connectivity index is 1.59. The molecule has 162 valence electrons. The molecule has 2 amide bonds. The molecule has 2 aliphatic heterocycles. The molecule has 1 atom stereocenters. The molecule has 1 aliphatic carbocycles. The Kier molecular flexibility index (Phi) is 5.16. The van der Waals surface area contributed by atoms with Crippen LogP contribution in [0.1, 0.15) is 36.8 Å². The number of benzene rings is 2. The summed E-state index contributed by atoms with van der Waals surface area (Å²) in [4.78, 5) is 29.9. The van der Waals surface area contributed by atoms with Crippen molar-refractivity contribution in [2.45, 2.75) is 37.1 Å². The van der Waals surface area contributed by atoms with Crippen LogP contribution in [-0.4, -0.2) is 36.1 Å². The first kappa shape index (κ1) is 20.4. The van der Waals surface area contributed by atoms with Crippen molar-refractivity contribution in [3.05, 3.63) is 59.4 Å². The van der Waals surface area contributed by atoms with Gasteiger partial charge in [0.2, 0.25) is 5.91 Å². The SMILES string of the molecule is COc1ccc2c(c1)[C@@]1(SCCN1C(=O)C1CCCC1)C(=O)N2Cc1cccc(F)c1. The van der Waals surface area contributed by atoms with Crippen molar-refractivity contribution in [3.63, 3.8) is 0 Å². The van der Waals surface area contributed by atoms with Crippen molar-refractivity contribution < 1.29 is 18.7 Å². The Bertz CT molecular complexity index is 1040. The van der Waals surface area contributed by atoms with Crippen molar-refractivity contribution in [2.75, 3.05) is 24.3 Å². The number of hydrogen-bond donors (Lipinski definition) is 0. The minimum Gasteiger partial charge on any atom is -0.497 e. The summed E-state index contributed by atoms with van der Waals surface area (Å²) in [7, 11) is 1.60. The summed E-state index contributed by atoms with van der Waals surface area (Å²) in [6.45, 7) is 0.805. The number of carbonyl (C=O) groups excluding carboxylic acids is 2. The number of hydrogen-bond acceptors (Lipinski definition) is 4. The van der Waals surface area contributed by atoms with Crippen molar-refractivity contribution in [2.24, 2.45) is 5.92 Å². The van der Waals surface area contributed by atoms with Gasteiger partial charge in [0.25, 0.3) is 5.91 Å². The zero-order valence-electron chi connectivity index (χ0n) is 17.5. The first-order valence-corrected chi connectivity index (χ1v) is 11.7. The number of thioether (sulfide) groups is 1. The second-order valence-electron chi connectivity index (χ2n) is 8.37. The van der Waals surface area contributed by atoms with Gasteiger partial charge in [-0.3, -0.25) is 9.59 Å². The molecule has 31 heavy (non-hydrogen) atoms. The van der Waals surface area contributed by atoms with Gasteiger partial charge in [-0.1, -0.05) is 25.0 Å². The van der Waals surface area contributed by atoms with Gasteiger partial charge < -0.3 is 14.5 Å². The summed E-state index contributed by atoms with van der Waals surface area (Å²) >= 11 is 1.52. The topological polar surface area (TPSA) is 49.9 Å². The van der Waals surface area contributed by atoms with E-state index in [2.05, 4.69) is 0 Å². The maximum Gasteiger partial charge on any atom is 0.268 e. The van der Waals surface area contributed by atoms with Crippen LogP contribution in [-0.2, 0) is 21.0 Å². The maximum absolute atomic E-state index is 14.0. The van der Waals surface area contributed by atoms with Crippen LogP contribution in [0.15, 0.2) is 42.5 Å². The number of rotatable bonds is 4. The van der Waals surface area contributed by atoms with Gasteiger partial charge in [0.15, 0.2) is 4.87 Å². The zero-order chi connectivity index (χ0) is 21.6. The minimum atomic E-state index is -1.07. The van der Waals surface area contributed by atoms with Gasteiger partial charge in [0.1, 0.15) is 11.6 Å². The van der Waals surface area contributed by atoms with Gasteiger partial charge in [-0.05, 0) is 48.7 Å². The van der Waals surface area contributed by atoms with Gasteiger partial charge in [0, 0.05) is 23.8 Å². The third-order valence-electron chi connectivity index (χ3n) is 6.60. The van der Waals surface area contributed by atoms with Crippen LogP contribution in [0.25, 0.3) is 0 Å². The molecule has 1 saturated heterocycles. The number of methoxy groups -OCH3 is 1. The number of nitrogens with zero attached hydrogens (tertiary/aromatic N) is 2. The molecule has 2 aromatic rings. The molecule has 2 aromatic carbocycles. The molecule has 0 bridgehead atoms. The van der Waals surface area contributed by atoms with E-state index in [-0.39, 0.29) is 30.1 Å². The fraction of sp³-hybridized carbons (Fsp3) is 0.417. The fourth-order valence-electron chi connectivity index (χ4n) is 5.11. The quantitative estimate of drug-likeness (QED) is 0.711. The second kappa shape index (κ2) is 7.86. The van der Waals surface area contributed by atoms with Gasteiger partial charge in [0.05, 0.1) is 19.3 Å². The first-order valence-electron chi connectivity index (χ1n) is 10.7. The summed E-state index contributed by atoms with van der Waals surface area (Å²) in [6, 6.07) is 11.9. The summed E-state index contributed by atoms with van der Waals surface area (Å²) in [5.41, 5.74) is 2.26. The van der Waals surface area contributed by atoms with E-state index in [1.54, 1.807) is 23.0 Å². The molecule has 0 N–H and O–H groups in total. The highest BCUT2D eigenvalue weighted by atomic mass is 32.2. The van der Waals surface area contributed by atoms with E-state index in [0.717, 1.165) is 36.9 Å². The molecule has 0 radical (unpaired) electrons. The maximum atomic E-state index is 14.0. The van der Waals surface area contributed by atoms with Crippen molar-refractivity contribution in [3.8, 4) is 5.75 Å². The summed E-state index contributed by atoms with van der Waals surface area (Å²) in [5, 5.41) is 0. The van der Waals surface area contributed by atoms with Gasteiger partial charge in [-0.25, -0.2) is 4.39 Å². The van der Waals surface area contributed by atoms with E-state index in [0.29, 0.717) is 23.6 Å². The number of ether oxygens (including phenoxy) is 1. The van der Waals surface area contributed by atoms with Crippen molar-refractivity contribution in [1.29, 1.82) is 0 Å². The van der Waals surface area contributed by atoms with Gasteiger partial charge in [-0.15, -0.1) is 11.8 Å². The number of halogens is 1. The Morgan fingerprint density at radius 1 is 1.23 bits per heavy atom. The highest BCUT2D eigenvalue weighted by Crippen LogP contribution is 2.55. The molecular formula is C24H25FN2O3S. The van der Waals surface area contributed by atoms with Gasteiger partial charge >= 0.3 is 0 Å². The van der Waals surface area contributed by atoms with Crippen LogP contribution >= 0.6 is 11.8 Å². The summed E-state index contributed by atoms with van der Waals surface area (Å²) in [5.74, 6) is 0.969. The lowest BCUT2D eigenvalue weighted by Gasteiger charge is -2.35. The predicted octanol–water partition coefficient (Wildman–Crippen LogP) is 4.30. The predicted molar refractivity (Wildman–Crippen MR) is 118 cm³/mol. The Hall–Kier alpha value is -2.54. The standard InChI is InChI=1S/C24H25FN2O3S/c1-30-19-9-10-21-20(14-19)24(23(29)26(21)15-16-5-4-8-18(25)13-16)27(11-12-31-24)22(28)17-6-2-3-7-17/h4-5,8-10,13-14,17H,2-3,6-7,11-12,15H2,1H3/t24-/m1/s1. The Labute approximate surface area is 185 Å². The Morgan fingerprint density at radius 3 is 2.77 bits per heavy atom. The van der Waals surface area contributed by atoms with Crippen LogP contribution in [0.2, 0.25) is 0 Å². The minimum absolute atomic E-state index is 0.00491. The molecule has 2 fully saturated rings. The van der Waals surface area contributed by atoms with E-state index in [9.17, 15) is 14.0 Å². The summed E-state index contributed by atoms with van der Waals surface area (Å²) < 4.78 is 19.2. The second-order valence-corrected chi connectivity index (χ2v) is 9.66. The van der Waals surface area contributed by atoms with Crippen LogP contribution in [0.3, 0.4) is 0 Å². The van der Waals surface area contributed by atoms with E-state index in [4.69, 9.17) is 4.74 Å². The molecule has 5 rings (SSSR count). The lowest BCUT2D eigenvalue weighted by atomic mass is 10.0. The lowest BCUT2D eigenvalue weighted by molar-refractivity contribution is -0.143. The van der Waals surface area contributed by atoms with Crippen LogP contribution < -0.4 is 9.64 Å². The highest BCUT2D eigenvalue weighted by Gasteiger charge is 2.60. The number of fused-ring (bicyclic) bond motifs is 2. The monoisotopic (exact) mass is 440 g/mol.